The van der Waals surface area contributed by atoms with Crippen LogP contribution in [0.3, 0.4) is 0 Å². The average Bonchev–Trinajstić information content (AvgIpc) is 3.12. The zero-order valence-corrected chi connectivity index (χ0v) is 16.7. The van der Waals surface area contributed by atoms with Crippen molar-refractivity contribution in [3.63, 3.8) is 0 Å². The summed E-state index contributed by atoms with van der Waals surface area (Å²) in [7, 11) is 4.23. The Balaban J connectivity index is 1.55. The van der Waals surface area contributed by atoms with Crippen LogP contribution in [-0.2, 0) is 24.9 Å². The number of nitrogens with zero attached hydrogens (tertiary/aromatic N) is 4. The normalized spacial score (nSPS) is 15.2. The summed E-state index contributed by atoms with van der Waals surface area (Å²) in [5.74, 6) is 1.23. The van der Waals surface area contributed by atoms with E-state index >= 15 is 0 Å². The third-order valence-corrected chi connectivity index (χ3v) is 5.55. The minimum Gasteiger partial charge on any atom is -0.378 e. The van der Waals surface area contributed by atoms with Crippen LogP contribution in [-0.4, -0.2) is 53.0 Å². The van der Waals surface area contributed by atoms with Crippen molar-refractivity contribution in [3.8, 4) is 0 Å². The fourth-order valence-electron chi connectivity index (χ4n) is 4.14. The third kappa shape index (κ3) is 3.47. The Morgan fingerprint density at radius 2 is 1.89 bits per heavy atom. The summed E-state index contributed by atoms with van der Waals surface area (Å²) < 4.78 is 7.55. The lowest BCUT2D eigenvalue weighted by atomic mass is 10.1. The predicted molar refractivity (Wildman–Crippen MR) is 109 cm³/mol. The van der Waals surface area contributed by atoms with Crippen LogP contribution in [0.15, 0.2) is 24.3 Å². The highest BCUT2D eigenvalue weighted by Crippen LogP contribution is 2.27. The van der Waals surface area contributed by atoms with Gasteiger partial charge in [-0.3, -0.25) is 9.58 Å². The molecule has 27 heavy (non-hydrogen) atoms. The molecular weight excluding hydrogens is 338 g/mol. The van der Waals surface area contributed by atoms with Gasteiger partial charge in [-0.05, 0) is 32.5 Å². The number of rotatable bonds is 5. The van der Waals surface area contributed by atoms with Crippen molar-refractivity contribution in [2.24, 2.45) is 7.05 Å². The third-order valence-electron chi connectivity index (χ3n) is 5.55. The Kier molecular flexibility index (Phi) is 4.93. The molecule has 1 aromatic carbocycles. The fraction of sp³-hybridized carbons (Fsp3) is 0.476. The molecule has 1 aliphatic heterocycles. The molecule has 6 nitrogen and oxygen atoms in total. The van der Waals surface area contributed by atoms with Crippen LogP contribution in [0.5, 0.6) is 0 Å². The van der Waals surface area contributed by atoms with Crippen LogP contribution in [0.1, 0.15) is 22.5 Å². The first-order valence-corrected chi connectivity index (χ1v) is 9.64. The molecule has 144 valence electrons. The maximum absolute atomic E-state index is 5.52. The Bertz CT molecular complexity index is 936. The molecule has 0 atom stereocenters. The summed E-state index contributed by atoms with van der Waals surface area (Å²) in [5, 5.41) is 6.01. The van der Waals surface area contributed by atoms with Gasteiger partial charge < -0.3 is 14.6 Å². The molecule has 6 heteroatoms. The molecule has 0 aliphatic carbocycles. The van der Waals surface area contributed by atoms with E-state index in [1.54, 1.807) is 0 Å². The number of H-pyrrole nitrogens is 1. The number of aromatic amines is 1. The predicted octanol–water partition coefficient (Wildman–Crippen LogP) is 2.99. The maximum Gasteiger partial charge on any atom is 0.131 e. The van der Waals surface area contributed by atoms with Crippen LogP contribution in [0, 0.1) is 13.8 Å². The molecule has 3 aromatic rings. The van der Waals surface area contributed by atoms with Crippen LogP contribution < -0.4 is 4.90 Å². The Morgan fingerprint density at radius 1 is 1.15 bits per heavy atom. The van der Waals surface area contributed by atoms with Gasteiger partial charge in [-0.25, -0.2) is 0 Å². The van der Waals surface area contributed by atoms with Gasteiger partial charge in [0.1, 0.15) is 5.82 Å². The summed E-state index contributed by atoms with van der Waals surface area (Å²) in [6, 6.07) is 8.52. The first-order chi connectivity index (χ1) is 13.0. The molecule has 0 bridgehead atoms. The van der Waals surface area contributed by atoms with Crippen molar-refractivity contribution < 1.29 is 4.74 Å². The van der Waals surface area contributed by atoms with Crippen LogP contribution in [0.4, 0.5) is 5.82 Å². The van der Waals surface area contributed by atoms with E-state index in [-0.39, 0.29) is 0 Å². The van der Waals surface area contributed by atoms with E-state index in [1.165, 1.54) is 33.5 Å². The highest BCUT2D eigenvalue weighted by molar-refractivity contribution is 5.84. The van der Waals surface area contributed by atoms with E-state index in [2.05, 4.69) is 59.9 Å². The van der Waals surface area contributed by atoms with Crippen LogP contribution >= 0.6 is 0 Å². The van der Waals surface area contributed by atoms with Gasteiger partial charge in [-0.1, -0.05) is 18.2 Å². The fourth-order valence-corrected chi connectivity index (χ4v) is 4.14. The number of morpholine rings is 1. The molecule has 1 saturated heterocycles. The lowest BCUT2D eigenvalue weighted by molar-refractivity contribution is 0.122. The SMILES string of the molecule is Cc1nn(C)c(N2CCOCC2)c1CN(C)Cc1[nH]c2ccccc2c1C. The van der Waals surface area contributed by atoms with Crippen molar-refractivity contribution in [3.05, 3.63) is 46.8 Å². The van der Waals surface area contributed by atoms with E-state index in [0.717, 1.165) is 45.1 Å². The summed E-state index contributed by atoms with van der Waals surface area (Å²) in [6.45, 7) is 9.51. The second-order valence-corrected chi connectivity index (χ2v) is 7.56. The molecule has 0 spiro atoms. The molecule has 1 aliphatic rings. The smallest absolute Gasteiger partial charge is 0.131 e. The molecule has 1 fully saturated rings. The van der Waals surface area contributed by atoms with E-state index < -0.39 is 0 Å². The van der Waals surface area contributed by atoms with E-state index in [4.69, 9.17) is 9.84 Å². The monoisotopic (exact) mass is 367 g/mol. The minimum atomic E-state index is 0.785. The Hall–Kier alpha value is -2.31. The molecule has 2 aromatic heterocycles. The van der Waals surface area contributed by atoms with E-state index in [1.807, 2.05) is 11.7 Å². The van der Waals surface area contributed by atoms with Crippen molar-refractivity contribution in [1.29, 1.82) is 0 Å². The molecule has 0 unspecified atom stereocenters. The molecular formula is C21H29N5O. The number of hydrogen-bond acceptors (Lipinski definition) is 4. The van der Waals surface area contributed by atoms with Crippen molar-refractivity contribution in [2.45, 2.75) is 26.9 Å². The quantitative estimate of drug-likeness (QED) is 0.753. The van der Waals surface area contributed by atoms with Gasteiger partial charge in [-0.15, -0.1) is 0 Å². The second-order valence-electron chi connectivity index (χ2n) is 7.56. The number of aryl methyl sites for hydroxylation is 3. The van der Waals surface area contributed by atoms with Crippen molar-refractivity contribution in [2.75, 3.05) is 38.3 Å². The van der Waals surface area contributed by atoms with Gasteiger partial charge >= 0.3 is 0 Å². The summed E-state index contributed by atoms with van der Waals surface area (Å²) in [5.41, 5.74) is 6.27. The van der Waals surface area contributed by atoms with Gasteiger partial charge in [0.05, 0.1) is 18.9 Å². The summed E-state index contributed by atoms with van der Waals surface area (Å²) in [6.07, 6.45) is 0. The molecule has 4 rings (SSSR count). The largest absolute Gasteiger partial charge is 0.378 e. The van der Waals surface area contributed by atoms with Crippen LogP contribution in [0.2, 0.25) is 0 Å². The van der Waals surface area contributed by atoms with Crippen molar-refractivity contribution in [1.82, 2.24) is 19.7 Å². The minimum absolute atomic E-state index is 0.785. The zero-order chi connectivity index (χ0) is 19.0. The molecule has 0 radical (unpaired) electrons. The second kappa shape index (κ2) is 7.37. The summed E-state index contributed by atoms with van der Waals surface area (Å²) in [4.78, 5) is 8.36. The number of hydrogen-bond donors (Lipinski definition) is 1. The van der Waals surface area contributed by atoms with Gasteiger partial charge in [0.2, 0.25) is 0 Å². The number of para-hydroxylation sites is 1. The van der Waals surface area contributed by atoms with Gasteiger partial charge in [0, 0.05) is 55.4 Å². The average molecular weight is 367 g/mol. The van der Waals surface area contributed by atoms with Gasteiger partial charge in [-0.2, -0.15) is 5.10 Å². The lowest BCUT2D eigenvalue weighted by Gasteiger charge is -2.30. The highest BCUT2D eigenvalue weighted by Gasteiger charge is 2.22. The number of anilines is 1. The molecule has 0 saturated carbocycles. The topological polar surface area (TPSA) is 49.3 Å². The number of ether oxygens (including phenoxy) is 1. The Labute approximate surface area is 160 Å². The van der Waals surface area contributed by atoms with Gasteiger partial charge in [0.15, 0.2) is 0 Å². The summed E-state index contributed by atoms with van der Waals surface area (Å²) >= 11 is 0. The number of benzene rings is 1. The maximum atomic E-state index is 5.52. The van der Waals surface area contributed by atoms with Crippen LogP contribution in [0.25, 0.3) is 10.9 Å². The first kappa shape index (κ1) is 18.1. The number of aromatic nitrogens is 3. The zero-order valence-electron chi connectivity index (χ0n) is 16.7. The molecule has 1 N–H and O–H groups in total. The van der Waals surface area contributed by atoms with Gasteiger partial charge in [0.25, 0.3) is 0 Å². The number of nitrogens with one attached hydrogen (secondary N) is 1. The van der Waals surface area contributed by atoms with E-state index in [0.29, 0.717) is 0 Å². The lowest BCUT2D eigenvalue weighted by Crippen LogP contribution is -2.38. The molecule has 3 heterocycles. The highest BCUT2D eigenvalue weighted by atomic mass is 16.5. The number of fused-ring (bicyclic) bond motifs is 1. The Morgan fingerprint density at radius 3 is 2.63 bits per heavy atom. The van der Waals surface area contributed by atoms with Crippen molar-refractivity contribution >= 4 is 16.7 Å². The standard InChI is InChI=1S/C21H29N5O/c1-15-17-7-5-6-8-19(17)22-20(15)14-24(3)13-18-16(2)23-25(4)21(18)26-9-11-27-12-10-26/h5-8,22H,9-14H2,1-4H3. The van der Waals surface area contributed by atoms with E-state index in [9.17, 15) is 0 Å². The molecule has 0 amide bonds. The first-order valence-electron chi connectivity index (χ1n) is 9.64.